The maximum absolute atomic E-state index is 6.16. The van der Waals surface area contributed by atoms with Crippen LogP contribution in [0.4, 0.5) is 0 Å². The van der Waals surface area contributed by atoms with E-state index in [-0.39, 0.29) is 6.04 Å². The van der Waals surface area contributed by atoms with Crippen LogP contribution in [-0.4, -0.2) is 7.11 Å². The van der Waals surface area contributed by atoms with Crippen molar-refractivity contribution < 1.29 is 4.74 Å². The van der Waals surface area contributed by atoms with E-state index in [1.165, 1.54) is 10.4 Å². The Bertz CT molecular complexity index is 484. The topological polar surface area (TPSA) is 35.2 Å². The first-order valence-corrected chi connectivity index (χ1v) is 6.99. The Balaban J connectivity index is 2.11. The summed E-state index contributed by atoms with van der Waals surface area (Å²) in [5.74, 6) is 0.846. The van der Waals surface area contributed by atoms with Gasteiger partial charge in [-0.25, -0.2) is 0 Å². The molecule has 4 heteroatoms. The molecule has 0 saturated heterocycles. The molecule has 2 aromatic rings. The number of hydrogen-bond acceptors (Lipinski definition) is 3. The number of methoxy groups -OCH3 is 1. The average Bonchev–Trinajstić information content (AvgIpc) is 2.82. The van der Waals surface area contributed by atoms with Crippen molar-refractivity contribution in [3.8, 4) is 5.75 Å². The molecule has 17 heavy (non-hydrogen) atoms. The van der Waals surface area contributed by atoms with Crippen LogP contribution in [0.3, 0.4) is 0 Å². The zero-order valence-corrected chi connectivity index (χ0v) is 11.9. The van der Waals surface area contributed by atoms with Crippen molar-refractivity contribution in [2.75, 3.05) is 7.11 Å². The van der Waals surface area contributed by atoms with Gasteiger partial charge >= 0.3 is 0 Å². The monoisotopic (exact) mass is 311 g/mol. The minimum Gasteiger partial charge on any atom is -0.496 e. The van der Waals surface area contributed by atoms with E-state index in [1.54, 1.807) is 18.4 Å². The molecule has 0 aliphatic heterocycles. The zero-order chi connectivity index (χ0) is 12.3. The quantitative estimate of drug-likeness (QED) is 0.933. The number of rotatable bonds is 4. The van der Waals surface area contributed by atoms with Crippen LogP contribution in [0.1, 0.15) is 16.5 Å². The summed E-state index contributed by atoms with van der Waals surface area (Å²) in [4.78, 5) is 1.22. The lowest BCUT2D eigenvalue weighted by Crippen LogP contribution is -2.11. The predicted octanol–water partition coefficient (Wildman–Crippen LogP) is 3.76. The Kier molecular flexibility index (Phi) is 4.20. The SMILES string of the molecule is COc1ccc(CC(N)c2cccs2)cc1Br. The molecule has 0 spiro atoms. The summed E-state index contributed by atoms with van der Waals surface area (Å²) in [6.45, 7) is 0. The van der Waals surface area contributed by atoms with Crippen molar-refractivity contribution >= 4 is 27.3 Å². The Labute approximate surface area is 114 Å². The van der Waals surface area contributed by atoms with E-state index < -0.39 is 0 Å². The van der Waals surface area contributed by atoms with Crippen LogP contribution in [0.25, 0.3) is 0 Å². The van der Waals surface area contributed by atoms with Crippen molar-refractivity contribution in [1.82, 2.24) is 0 Å². The second-order valence-corrected chi connectivity index (χ2v) is 5.63. The number of hydrogen-bond donors (Lipinski definition) is 1. The van der Waals surface area contributed by atoms with Gasteiger partial charge in [-0.1, -0.05) is 12.1 Å². The molecule has 0 amide bonds. The van der Waals surface area contributed by atoms with E-state index in [4.69, 9.17) is 10.5 Å². The smallest absolute Gasteiger partial charge is 0.133 e. The molecule has 0 aliphatic rings. The molecule has 0 aliphatic carbocycles. The van der Waals surface area contributed by atoms with Crippen molar-refractivity contribution in [3.63, 3.8) is 0 Å². The van der Waals surface area contributed by atoms with E-state index >= 15 is 0 Å². The number of halogens is 1. The molecule has 1 aromatic carbocycles. The molecule has 0 bridgehead atoms. The van der Waals surface area contributed by atoms with Crippen molar-refractivity contribution in [3.05, 3.63) is 50.6 Å². The highest BCUT2D eigenvalue weighted by atomic mass is 79.9. The molecule has 0 radical (unpaired) electrons. The number of benzene rings is 1. The third-order valence-electron chi connectivity index (χ3n) is 2.58. The molecule has 2 N–H and O–H groups in total. The highest BCUT2D eigenvalue weighted by Crippen LogP contribution is 2.28. The average molecular weight is 312 g/mol. The van der Waals surface area contributed by atoms with E-state index in [0.29, 0.717) is 0 Å². The van der Waals surface area contributed by atoms with Gasteiger partial charge in [0.1, 0.15) is 5.75 Å². The van der Waals surface area contributed by atoms with Gasteiger partial charge in [0.25, 0.3) is 0 Å². The molecule has 1 atom stereocenters. The summed E-state index contributed by atoms with van der Waals surface area (Å²) in [6, 6.07) is 10.2. The fourth-order valence-electron chi connectivity index (χ4n) is 1.69. The van der Waals surface area contributed by atoms with E-state index in [0.717, 1.165) is 16.6 Å². The Morgan fingerprint density at radius 2 is 2.24 bits per heavy atom. The van der Waals surface area contributed by atoms with Gasteiger partial charge in [-0.3, -0.25) is 0 Å². The molecular formula is C13H14BrNOS. The summed E-state index contributed by atoms with van der Waals surface area (Å²) in [5, 5.41) is 2.05. The molecule has 1 unspecified atom stereocenters. The van der Waals surface area contributed by atoms with Gasteiger partial charge in [0, 0.05) is 10.9 Å². The minimum atomic E-state index is 0.0651. The van der Waals surface area contributed by atoms with Crippen molar-refractivity contribution in [2.45, 2.75) is 12.5 Å². The Morgan fingerprint density at radius 1 is 1.41 bits per heavy atom. The second-order valence-electron chi connectivity index (χ2n) is 3.79. The molecule has 1 heterocycles. The highest BCUT2D eigenvalue weighted by molar-refractivity contribution is 9.10. The van der Waals surface area contributed by atoms with Gasteiger partial charge in [0.2, 0.25) is 0 Å². The highest BCUT2D eigenvalue weighted by Gasteiger charge is 2.09. The van der Waals surface area contributed by atoms with E-state index in [9.17, 15) is 0 Å². The third-order valence-corrected chi connectivity index (χ3v) is 4.20. The summed E-state index contributed by atoms with van der Waals surface area (Å²) in [5.41, 5.74) is 7.36. The molecular weight excluding hydrogens is 298 g/mol. The van der Waals surface area contributed by atoms with E-state index in [1.807, 2.05) is 12.1 Å². The van der Waals surface area contributed by atoms with Gasteiger partial charge in [-0.2, -0.15) is 0 Å². The number of ether oxygens (including phenoxy) is 1. The molecule has 90 valence electrons. The first kappa shape index (κ1) is 12.6. The zero-order valence-electron chi connectivity index (χ0n) is 9.52. The first-order valence-electron chi connectivity index (χ1n) is 5.32. The van der Waals surface area contributed by atoms with Crippen LogP contribution in [-0.2, 0) is 6.42 Å². The largest absolute Gasteiger partial charge is 0.496 e. The number of nitrogens with two attached hydrogens (primary N) is 1. The summed E-state index contributed by atoms with van der Waals surface area (Å²) >= 11 is 5.18. The van der Waals surface area contributed by atoms with Crippen LogP contribution in [0.2, 0.25) is 0 Å². The summed E-state index contributed by atoms with van der Waals surface area (Å²) < 4.78 is 6.17. The molecule has 2 nitrogen and oxygen atoms in total. The lowest BCUT2D eigenvalue weighted by molar-refractivity contribution is 0.412. The second kappa shape index (κ2) is 5.67. The van der Waals surface area contributed by atoms with Gasteiger partial charge in [-0.05, 0) is 51.5 Å². The van der Waals surface area contributed by atoms with E-state index in [2.05, 4.69) is 39.5 Å². The maximum atomic E-state index is 6.16. The van der Waals surface area contributed by atoms with Crippen LogP contribution in [0.5, 0.6) is 5.75 Å². The van der Waals surface area contributed by atoms with Crippen LogP contribution in [0, 0.1) is 0 Å². The van der Waals surface area contributed by atoms with Crippen molar-refractivity contribution in [2.24, 2.45) is 5.73 Å². The predicted molar refractivity (Wildman–Crippen MR) is 75.6 cm³/mol. The van der Waals surface area contributed by atoms with Crippen LogP contribution >= 0.6 is 27.3 Å². The molecule has 0 fully saturated rings. The normalized spacial score (nSPS) is 12.4. The maximum Gasteiger partial charge on any atom is 0.133 e. The fourth-order valence-corrected chi connectivity index (χ4v) is 3.01. The van der Waals surface area contributed by atoms with Gasteiger partial charge in [0.15, 0.2) is 0 Å². The number of thiophene rings is 1. The summed E-state index contributed by atoms with van der Waals surface area (Å²) in [7, 11) is 1.66. The lowest BCUT2D eigenvalue weighted by Gasteiger charge is -2.11. The molecule has 0 saturated carbocycles. The standard InChI is InChI=1S/C13H14BrNOS/c1-16-12-5-4-9(7-10(12)14)8-11(15)13-3-2-6-17-13/h2-7,11H,8,15H2,1H3. The lowest BCUT2D eigenvalue weighted by atomic mass is 10.1. The van der Waals surface area contributed by atoms with Crippen LogP contribution in [0.15, 0.2) is 40.2 Å². The van der Waals surface area contributed by atoms with Gasteiger partial charge in [0.05, 0.1) is 11.6 Å². The molecule has 1 aromatic heterocycles. The third kappa shape index (κ3) is 3.09. The van der Waals surface area contributed by atoms with Gasteiger partial charge < -0.3 is 10.5 Å². The first-order chi connectivity index (χ1) is 8.20. The molecule has 2 rings (SSSR count). The Morgan fingerprint density at radius 3 is 2.82 bits per heavy atom. The fraction of sp³-hybridized carbons (Fsp3) is 0.231. The van der Waals surface area contributed by atoms with Gasteiger partial charge in [-0.15, -0.1) is 11.3 Å². The van der Waals surface area contributed by atoms with Crippen LogP contribution < -0.4 is 10.5 Å². The Hall–Kier alpha value is -0.840. The van der Waals surface area contributed by atoms with Crippen molar-refractivity contribution in [1.29, 1.82) is 0 Å². The summed E-state index contributed by atoms with van der Waals surface area (Å²) in [6.07, 6.45) is 0.836. The minimum absolute atomic E-state index is 0.0651.